The lowest BCUT2D eigenvalue weighted by Crippen LogP contribution is -2.17. The Kier molecular flexibility index (Phi) is 5.92. The first-order chi connectivity index (χ1) is 17.3. The number of nitrogens with two attached hydrogens (primary N) is 2. The van der Waals surface area contributed by atoms with Crippen molar-refractivity contribution in [1.82, 2.24) is 4.98 Å². The number of halogens is 1. The number of aromatic nitrogens is 1. The summed E-state index contributed by atoms with van der Waals surface area (Å²) in [5.74, 6) is -0.727. The summed E-state index contributed by atoms with van der Waals surface area (Å²) in [6.45, 7) is 0. The number of aromatic hydroxyl groups is 1. The van der Waals surface area contributed by atoms with Crippen LogP contribution in [-0.2, 0) is 20.0 Å². The molecule has 4 aromatic rings. The van der Waals surface area contributed by atoms with Crippen molar-refractivity contribution in [2.24, 2.45) is 15.3 Å². The van der Waals surface area contributed by atoms with E-state index in [4.69, 9.17) is 10.3 Å². The van der Waals surface area contributed by atoms with E-state index in [0.717, 1.165) is 10.5 Å². The van der Waals surface area contributed by atoms with Gasteiger partial charge >= 0.3 is 0 Å². The van der Waals surface area contributed by atoms with Gasteiger partial charge in [-0.3, -0.25) is 4.79 Å². The number of H-pyrrole nitrogens is 1. The lowest BCUT2D eigenvalue weighted by molar-refractivity contribution is 0.101. The van der Waals surface area contributed by atoms with Gasteiger partial charge < -0.3 is 10.1 Å². The van der Waals surface area contributed by atoms with Crippen LogP contribution >= 0.6 is 15.9 Å². The maximum absolute atomic E-state index is 12.8. The monoisotopic (exact) mass is 600 g/mol. The molecule has 1 amide bonds. The lowest BCUT2D eigenvalue weighted by Gasteiger charge is -2.11. The quantitative estimate of drug-likeness (QED) is 0.272. The molecule has 0 aliphatic carbocycles. The smallest absolute Gasteiger partial charge is 0.280 e. The van der Waals surface area contributed by atoms with Crippen molar-refractivity contribution < 1.29 is 26.7 Å². The Morgan fingerprint density at radius 2 is 1.38 bits per heavy atom. The minimum Gasteiger partial charge on any atom is -0.494 e. The van der Waals surface area contributed by atoms with Gasteiger partial charge in [-0.2, -0.15) is 0 Å². The summed E-state index contributed by atoms with van der Waals surface area (Å²) in [6.07, 6.45) is 0. The third-order valence-electron chi connectivity index (χ3n) is 5.83. The van der Waals surface area contributed by atoms with Gasteiger partial charge in [0.2, 0.25) is 20.0 Å². The summed E-state index contributed by atoms with van der Waals surface area (Å²) in [6, 6.07) is 16.9. The number of hydrogen-bond acceptors (Lipinski definition) is 6. The number of sulfonamides is 2. The molecule has 1 aliphatic heterocycles. The molecule has 6 N–H and O–H groups in total. The predicted molar refractivity (Wildman–Crippen MR) is 140 cm³/mol. The predicted octanol–water partition coefficient (Wildman–Crippen LogP) is 3.10. The Morgan fingerprint density at radius 1 is 0.784 bits per heavy atom. The number of rotatable bonds is 5. The number of benzene rings is 3. The van der Waals surface area contributed by atoms with Gasteiger partial charge in [0.1, 0.15) is 0 Å². The van der Waals surface area contributed by atoms with Crippen molar-refractivity contribution in [3.05, 3.63) is 87.9 Å². The highest BCUT2D eigenvalue weighted by Crippen LogP contribution is 2.39. The molecule has 3 aromatic carbocycles. The zero-order valence-corrected chi connectivity index (χ0v) is 21.9. The molecule has 0 fully saturated rings. The van der Waals surface area contributed by atoms with E-state index in [-0.39, 0.29) is 17.0 Å². The molecule has 13 heteroatoms. The summed E-state index contributed by atoms with van der Waals surface area (Å²) in [7, 11) is -8.45. The number of amides is 1. The van der Waals surface area contributed by atoms with Crippen molar-refractivity contribution in [2.45, 2.75) is 9.79 Å². The van der Waals surface area contributed by atoms with Crippen LogP contribution in [0.4, 0.5) is 0 Å². The molecule has 1 aromatic heterocycles. The second-order valence-corrected chi connectivity index (χ2v) is 12.2. The van der Waals surface area contributed by atoms with Gasteiger partial charge in [-0.25, -0.2) is 32.1 Å². The Morgan fingerprint density at radius 3 is 1.97 bits per heavy atom. The van der Waals surface area contributed by atoms with Crippen LogP contribution in [0.15, 0.2) is 86.0 Å². The average molecular weight is 601 g/mol. The number of aliphatic imine (C=N–C) groups is 1. The van der Waals surface area contributed by atoms with Gasteiger partial charge in [0.05, 0.1) is 32.3 Å². The van der Waals surface area contributed by atoms with Crippen LogP contribution in [0, 0.1) is 0 Å². The average Bonchev–Trinajstić information content (AvgIpc) is 3.36. The highest BCUT2D eigenvalue weighted by Gasteiger charge is 2.33. The van der Waals surface area contributed by atoms with Crippen molar-refractivity contribution in [2.75, 3.05) is 0 Å². The van der Waals surface area contributed by atoms with Gasteiger partial charge in [0.25, 0.3) is 5.91 Å². The van der Waals surface area contributed by atoms with E-state index >= 15 is 0 Å². The van der Waals surface area contributed by atoms with Gasteiger partial charge in [-0.15, -0.1) is 0 Å². The molecule has 0 bridgehead atoms. The number of carbonyl (C=O) groups excluding carboxylic acids is 1. The fraction of sp³-hybridized carbons (Fsp3) is 0. The minimum absolute atomic E-state index is 0.165. The Hall–Kier alpha value is -3.62. The molecule has 0 unspecified atom stereocenters. The lowest BCUT2D eigenvalue weighted by atomic mass is 9.98. The summed E-state index contributed by atoms with van der Waals surface area (Å²) >= 11 is 3.36. The van der Waals surface area contributed by atoms with Crippen molar-refractivity contribution in [3.8, 4) is 28.3 Å². The van der Waals surface area contributed by atoms with Crippen LogP contribution in [0.25, 0.3) is 22.4 Å². The molecular weight excluding hydrogens is 584 g/mol. The van der Waals surface area contributed by atoms with Crippen LogP contribution in [0.5, 0.6) is 5.88 Å². The van der Waals surface area contributed by atoms with E-state index in [9.17, 15) is 26.7 Å². The van der Waals surface area contributed by atoms with Crippen LogP contribution in [0.2, 0.25) is 0 Å². The van der Waals surface area contributed by atoms with Crippen LogP contribution in [0.3, 0.4) is 0 Å². The molecule has 1 aliphatic rings. The van der Waals surface area contributed by atoms with Crippen LogP contribution < -0.4 is 10.3 Å². The van der Waals surface area contributed by atoms with Crippen LogP contribution in [0.1, 0.15) is 21.5 Å². The number of hydrogen-bond donors (Lipinski definition) is 4. The normalized spacial score (nSPS) is 13.5. The fourth-order valence-corrected chi connectivity index (χ4v) is 5.81. The summed E-state index contributed by atoms with van der Waals surface area (Å²) < 4.78 is 48.6. The summed E-state index contributed by atoms with van der Waals surface area (Å²) in [5.41, 5.74) is 2.96. The number of carbonyl (C=O) groups is 1. The standard InChI is InChI=1S/C24H17BrN4O6S2/c25-15-7-5-14(6-8-15)22-20-19(23(30)29-22)21(28-24(20)31)13-3-1-12(2-4-13)17-10-9-16(36(26,32)33)11-18(17)37(27,34)35/h1-11,28,31H,(H2,26,32,33)(H2,27,34,35). The minimum atomic E-state index is -4.30. The third-order valence-corrected chi connectivity index (χ3v) is 8.23. The van der Waals surface area contributed by atoms with E-state index in [2.05, 4.69) is 25.9 Å². The molecule has 0 spiro atoms. The Labute approximate surface area is 219 Å². The number of aromatic amines is 1. The van der Waals surface area contributed by atoms with E-state index in [1.54, 1.807) is 48.5 Å². The molecule has 10 nitrogen and oxygen atoms in total. The first-order valence-corrected chi connectivity index (χ1v) is 14.4. The molecule has 0 saturated heterocycles. The Bertz CT molecular complexity index is 1840. The molecule has 188 valence electrons. The number of nitrogens with zero attached hydrogens (tertiary/aromatic N) is 1. The second kappa shape index (κ2) is 8.75. The maximum atomic E-state index is 12.8. The molecule has 5 rings (SSSR count). The number of nitrogens with one attached hydrogen (secondary N) is 1. The van der Waals surface area contributed by atoms with E-state index in [1.807, 2.05) is 0 Å². The molecule has 0 radical (unpaired) electrons. The zero-order valence-electron chi connectivity index (χ0n) is 18.6. The largest absolute Gasteiger partial charge is 0.494 e. The fourth-order valence-electron chi connectivity index (χ4n) is 4.15. The highest BCUT2D eigenvalue weighted by molar-refractivity contribution is 9.10. The molecule has 37 heavy (non-hydrogen) atoms. The summed E-state index contributed by atoms with van der Waals surface area (Å²) in [4.78, 5) is 19.0. The third kappa shape index (κ3) is 4.51. The zero-order chi connectivity index (χ0) is 26.7. The van der Waals surface area contributed by atoms with Gasteiger partial charge in [-0.05, 0) is 35.4 Å². The number of primary sulfonamides is 2. The molecular formula is C24H17BrN4O6S2. The number of fused-ring (bicyclic) bond motifs is 1. The van der Waals surface area contributed by atoms with Crippen molar-refractivity contribution >= 4 is 47.6 Å². The van der Waals surface area contributed by atoms with E-state index in [1.165, 1.54) is 12.1 Å². The summed E-state index contributed by atoms with van der Waals surface area (Å²) in [5, 5.41) is 21.1. The molecule has 0 atom stereocenters. The van der Waals surface area contributed by atoms with E-state index < -0.39 is 35.7 Å². The molecule has 2 heterocycles. The van der Waals surface area contributed by atoms with Gasteiger partial charge in [-0.1, -0.05) is 58.4 Å². The van der Waals surface area contributed by atoms with Crippen LogP contribution in [-0.4, -0.2) is 38.5 Å². The van der Waals surface area contributed by atoms with Crippen molar-refractivity contribution in [3.63, 3.8) is 0 Å². The topological polar surface area (TPSA) is 186 Å². The van der Waals surface area contributed by atoms with Crippen molar-refractivity contribution in [1.29, 1.82) is 0 Å². The van der Waals surface area contributed by atoms with Gasteiger partial charge in [0.15, 0.2) is 5.88 Å². The SMILES string of the molecule is NS(=O)(=O)c1ccc(-c2ccc(-c3[nH]c(O)c4c3C(=O)N=C4c3ccc(Br)cc3)cc2)c(S(N)(=O)=O)c1. The highest BCUT2D eigenvalue weighted by atomic mass is 79.9. The second-order valence-electron chi connectivity index (χ2n) is 8.20. The van der Waals surface area contributed by atoms with E-state index in [0.29, 0.717) is 33.7 Å². The maximum Gasteiger partial charge on any atom is 0.280 e. The first-order valence-electron chi connectivity index (χ1n) is 10.5. The molecule has 0 saturated carbocycles. The van der Waals surface area contributed by atoms with Gasteiger partial charge in [0, 0.05) is 15.6 Å². The Balaban J connectivity index is 1.57. The first kappa shape index (κ1) is 25.0.